The van der Waals surface area contributed by atoms with Crippen LogP contribution in [0.3, 0.4) is 0 Å². The van der Waals surface area contributed by atoms with E-state index in [9.17, 15) is 5.11 Å². The number of benzene rings is 2. The van der Waals surface area contributed by atoms with E-state index in [2.05, 4.69) is 31.9 Å². The monoisotopic (exact) mass is 418 g/mol. The second-order valence-corrected chi connectivity index (χ2v) is 6.54. The molecule has 2 rings (SSSR count). The quantitative estimate of drug-likeness (QED) is 0.734. The van der Waals surface area contributed by atoms with E-state index in [-0.39, 0.29) is 0 Å². The van der Waals surface area contributed by atoms with Crippen LogP contribution in [0.5, 0.6) is 5.75 Å². The Morgan fingerprint density at radius 1 is 1.15 bits per heavy atom. The van der Waals surface area contributed by atoms with Crippen molar-refractivity contribution in [2.75, 3.05) is 7.11 Å². The van der Waals surface area contributed by atoms with E-state index < -0.39 is 6.10 Å². The van der Waals surface area contributed by atoms with E-state index in [4.69, 9.17) is 16.3 Å². The van der Waals surface area contributed by atoms with Gasteiger partial charge in [-0.2, -0.15) is 0 Å². The van der Waals surface area contributed by atoms with Gasteiger partial charge in [0.15, 0.2) is 0 Å². The Labute approximate surface area is 140 Å². The molecule has 0 radical (unpaired) electrons. The SMILES string of the molecule is COc1cc(C)c(Br)cc1C(O)c1ccc(Cl)c(Br)c1. The van der Waals surface area contributed by atoms with Crippen LogP contribution in [-0.4, -0.2) is 12.2 Å². The molecule has 5 heteroatoms. The summed E-state index contributed by atoms with van der Waals surface area (Å²) in [5, 5.41) is 11.2. The standard InChI is InChI=1S/C15H13Br2ClO2/c1-8-5-14(20-2)10(7-11(8)16)15(19)9-3-4-13(18)12(17)6-9/h3-7,15,19H,1-2H3. The first-order chi connectivity index (χ1) is 9.43. The molecule has 0 saturated heterocycles. The zero-order valence-electron chi connectivity index (χ0n) is 11.0. The molecule has 0 bridgehead atoms. The van der Waals surface area contributed by atoms with Crippen LogP contribution in [0.4, 0.5) is 0 Å². The van der Waals surface area contributed by atoms with Crippen molar-refractivity contribution in [1.82, 2.24) is 0 Å². The van der Waals surface area contributed by atoms with Crippen LogP contribution in [0, 0.1) is 6.92 Å². The first kappa shape index (κ1) is 15.8. The highest BCUT2D eigenvalue weighted by Gasteiger charge is 2.18. The predicted molar refractivity (Wildman–Crippen MR) is 88.6 cm³/mol. The summed E-state index contributed by atoms with van der Waals surface area (Å²) in [6, 6.07) is 9.13. The number of hydrogen-bond donors (Lipinski definition) is 1. The van der Waals surface area contributed by atoms with Crippen LogP contribution < -0.4 is 4.74 Å². The normalized spacial score (nSPS) is 12.3. The summed E-state index contributed by atoms with van der Waals surface area (Å²) < 4.78 is 7.04. The molecule has 0 fully saturated rings. The molecule has 2 aromatic carbocycles. The van der Waals surface area contributed by atoms with Crippen LogP contribution in [-0.2, 0) is 0 Å². The number of aryl methyl sites for hydroxylation is 1. The Bertz CT molecular complexity index is 644. The number of methoxy groups -OCH3 is 1. The minimum Gasteiger partial charge on any atom is -0.496 e. The van der Waals surface area contributed by atoms with E-state index in [1.54, 1.807) is 25.3 Å². The maximum absolute atomic E-state index is 10.6. The van der Waals surface area contributed by atoms with E-state index in [1.807, 2.05) is 19.1 Å². The zero-order chi connectivity index (χ0) is 14.9. The van der Waals surface area contributed by atoms with Gasteiger partial charge in [-0.3, -0.25) is 0 Å². The van der Waals surface area contributed by atoms with Crippen molar-refractivity contribution in [3.8, 4) is 5.75 Å². The van der Waals surface area contributed by atoms with Crippen molar-refractivity contribution in [2.45, 2.75) is 13.0 Å². The van der Waals surface area contributed by atoms with Gasteiger partial charge >= 0.3 is 0 Å². The van der Waals surface area contributed by atoms with Crippen LogP contribution in [0.1, 0.15) is 22.8 Å². The molecule has 2 nitrogen and oxygen atoms in total. The number of hydrogen-bond acceptors (Lipinski definition) is 2. The fourth-order valence-corrected chi connectivity index (χ4v) is 2.80. The molecule has 0 aliphatic carbocycles. The smallest absolute Gasteiger partial charge is 0.125 e. The minimum atomic E-state index is -0.782. The largest absolute Gasteiger partial charge is 0.496 e. The summed E-state index contributed by atoms with van der Waals surface area (Å²) in [6.45, 7) is 1.97. The van der Waals surface area contributed by atoms with E-state index in [0.29, 0.717) is 16.3 Å². The van der Waals surface area contributed by atoms with Gasteiger partial charge in [-0.1, -0.05) is 33.6 Å². The second kappa shape index (κ2) is 6.48. The Kier molecular flexibility index (Phi) is 5.13. The topological polar surface area (TPSA) is 29.5 Å². The Balaban J connectivity index is 2.49. The van der Waals surface area contributed by atoms with Crippen molar-refractivity contribution in [1.29, 1.82) is 0 Å². The number of aliphatic hydroxyl groups excluding tert-OH is 1. The summed E-state index contributed by atoms with van der Waals surface area (Å²) in [5.41, 5.74) is 2.50. The van der Waals surface area contributed by atoms with Gasteiger partial charge in [0, 0.05) is 14.5 Å². The molecule has 0 aliphatic heterocycles. The maximum atomic E-state index is 10.6. The number of aliphatic hydroxyl groups is 1. The lowest BCUT2D eigenvalue weighted by atomic mass is 9.99. The van der Waals surface area contributed by atoms with Gasteiger partial charge < -0.3 is 9.84 Å². The minimum absolute atomic E-state index is 0.609. The molecule has 0 saturated carbocycles. The second-order valence-electron chi connectivity index (χ2n) is 4.42. The number of ether oxygens (including phenoxy) is 1. The van der Waals surface area contributed by atoms with Crippen molar-refractivity contribution in [2.24, 2.45) is 0 Å². The molecule has 0 spiro atoms. The average molecular weight is 421 g/mol. The van der Waals surface area contributed by atoms with Crippen LogP contribution in [0.15, 0.2) is 39.3 Å². The van der Waals surface area contributed by atoms with Gasteiger partial charge in [0.2, 0.25) is 0 Å². The molecule has 20 heavy (non-hydrogen) atoms. The molecule has 0 aliphatic rings. The highest BCUT2D eigenvalue weighted by Crippen LogP contribution is 2.36. The first-order valence-electron chi connectivity index (χ1n) is 5.91. The summed E-state index contributed by atoms with van der Waals surface area (Å²) in [4.78, 5) is 0. The van der Waals surface area contributed by atoms with Gasteiger partial charge in [-0.05, 0) is 58.2 Å². The lowest BCUT2D eigenvalue weighted by Gasteiger charge is -2.17. The van der Waals surface area contributed by atoms with Crippen molar-refractivity contribution >= 4 is 43.5 Å². The summed E-state index contributed by atoms with van der Waals surface area (Å²) in [7, 11) is 1.59. The van der Waals surface area contributed by atoms with Gasteiger partial charge in [0.05, 0.1) is 12.1 Å². The molecule has 1 unspecified atom stereocenters. The third-order valence-corrected chi connectivity index (χ3v) is 5.13. The molecular formula is C15H13Br2ClO2. The highest BCUT2D eigenvalue weighted by molar-refractivity contribution is 9.10. The van der Waals surface area contributed by atoms with Crippen LogP contribution >= 0.6 is 43.5 Å². The highest BCUT2D eigenvalue weighted by atomic mass is 79.9. The summed E-state index contributed by atoms with van der Waals surface area (Å²) in [6.07, 6.45) is -0.782. The molecule has 1 N–H and O–H groups in total. The molecule has 0 aromatic heterocycles. The van der Waals surface area contributed by atoms with E-state index in [0.717, 1.165) is 20.1 Å². The number of rotatable bonds is 3. The maximum Gasteiger partial charge on any atom is 0.125 e. The predicted octanol–water partition coefficient (Wildman–Crippen LogP) is 5.26. The third-order valence-electron chi connectivity index (χ3n) is 3.06. The van der Waals surface area contributed by atoms with Gasteiger partial charge in [0.25, 0.3) is 0 Å². The molecule has 0 heterocycles. The van der Waals surface area contributed by atoms with Crippen molar-refractivity contribution in [3.05, 3.63) is 61.0 Å². The zero-order valence-corrected chi connectivity index (χ0v) is 14.9. The van der Waals surface area contributed by atoms with Crippen molar-refractivity contribution in [3.63, 3.8) is 0 Å². The molecule has 106 valence electrons. The molecular weight excluding hydrogens is 407 g/mol. The van der Waals surface area contributed by atoms with Crippen LogP contribution in [0.25, 0.3) is 0 Å². The lowest BCUT2D eigenvalue weighted by molar-refractivity contribution is 0.214. The van der Waals surface area contributed by atoms with Gasteiger partial charge in [0.1, 0.15) is 11.9 Å². The fraction of sp³-hybridized carbons (Fsp3) is 0.200. The summed E-state index contributed by atoms with van der Waals surface area (Å²) in [5.74, 6) is 0.657. The molecule has 1 atom stereocenters. The lowest BCUT2D eigenvalue weighted by Crippen LogP contribution is -2.03. The molecule has 2 aromatic rings. The fourth-order valence-electron chi connectivity index (χ4n) is 1.92. The average Bonchev–Trinajstić information content (AvgIpc) is 2.43. The van der Waals surface area contributed by atoms with Crippen LogP contribution in [0.2, 0.25) is 5.02 Å². The van der Waals surface area contributed by atoms with Gasteiger partial charge in [-0.25, -0.2) is 0 Å². The third kappa shape index (κ3) is 3.19. The van der Waals surface area contributed by atoms with E-state index >= 15 is 0 Å². The Hall–Kier alpha value is -0.550. The Morgan fingerprint density at radius 3 is 2.45 bits per heavy atom. The van der Waals surface area contributed by atoms with Crippen molar-refractivity contribution < 1.29 is 9.84 Å². The Morgan fingerprint density at radius 2 is 1.85 bits per heavy atom. The van der Waals surface area contributed by atoms with Gasteiger partial charge in [-0.15, -0.1) is 0 Å². The molecule has 0 amide bonds. The summed E-state index contributed by atoms with van der Waals surface area (Å²) >= 11 is 12.8. The number of halogens is 3. The van der Waals surface area contributed by atoms with E-state index in [1.165, 1.54) is 0 Å². The first-order valence-corrected chi connectivity index (χ1v) is 7.87.